The molecule has 0 bridgehead atoms. The van der Waals surface area contributed by atoms with Gasteiger partial charge in [-0.15, -0.1) is 0 Å². The van der Waals surface area contributed by atoms with Crippen LogP contribution in [0.5, 0.6) is 0 Å². The Morgan fingerprint density at radius 2 is 1.89 bits per heavy atom. The Bertz CT molecular complexity index is 461. The van der Waals surface area contributed by atoms with E-state index in [1.807, 2.05) is 62.3 Å². The molecule has 1 aromatic rings. The predicted molar refractivity (Wildman–Crippen MR) is 82.4 cm³/mol. The number of amides is 1. The topological polar surface area (TPSA) is 47.9 Å². The molecule has 0 aliphatic carbocycles. The number of hydrogen-bond acceptors (Lipinski definition) is 2. The molecule has 6 heteroatoms. The standard InChI is InChI=1S/C13H19BrN4O/c1-17(2)13(18(3)4)15-9-12(19)16-11-7-5-6-10(14)8-11/h5-8H,9H2,1-4H3,(H,16,19). The minimum absolute atomic E-state index is 0.0954. The zero-order chi connectivity index (χ0) is 14.4. The van der Waals surface area contributed by atoms with Gasteiger partial charge in [0.15, 0.2) is 5.96 Å². The largest absolute Gasteiger partial charge is 0.349 e. The number of carbonyl (C=O) groups excluding carboxylic acids is 1. The third-order valence-electron chi connectivity index (χ3n) is 2.27. The van der Waals surface area contributed by atoms with Gasteiger partial charge in [0.05, 0.1) is 0 Å². The molecule has 1 rings (SSSR count). The van der Waals surface area contributed by atoms with E-state index in [4.69, 9.17) is 0 Å². The molecular weight excluding hydrogens is 308 g/mol. The Balaban J connectivity index is 2.63. The van der Waals surface area contributed by atoms with E-state index in [0.717, 1.165) is 16.1 Å². The first-order valence-electron chi connectivity index (χ1n) is 5.84. The summed E-state index contributed by atoms with van der Waals surface area (Å²) in [7, 11) is 7.58. The summed E-state index contributed by atoms with van der Waals surface area (Å²) in [4.78, 5) is 19.8. The fourth-order valence-electron chi connectivity index (χ4n) is 1.59. The molecule has 0 radical (unpaired) electrons. The van der Waals surface area contributed by atoms with Gasteiger partial charge in [-0.25, -0.2) is 4.99 Å². The zero-order valence-electron chi connectivity index (χ0n) is 11.6. The van der Waals surface area contributed by atoms with Crippen molar-refractivity contribution in [3.8, 4) is 0 Å². The molecule has 1 aromatic carbocycles. The van der Waals surface area contributed by atoms with Crippen LogP contribution in [0.2, 0.25) is 0 Å². The molecule has 0 atom stereocenters. The van der Waals surface area contributed by atoms with E-state index in [9.17, 15) is 4.79 Å². The van der Waals surface area contributed by atoms with E-state index in [1.54, 1.807) is 0 Å². The molecule has 1 amide bonds. The van der Waals surface area contributed by atoms with E-state index >= 15 is 0 Å². The van der Waals surface area contributed by atoms with Gasteiger partial charge in [-0.2, -0.15) is 0 Å². The van der Waals surface area contributed by atoms with Crippen LogP contribution >= 0.6 is 15.9 Å². The summed E-state index contributed by atoms with van der Waals surface area (Å²) in [5.41, 5.74) is 0.755. The van der Waals surface area contributed by atoms with Crippen molar-refractivity contribution < 1.29 is 4.79 Å². The zero-order valence-corrected chi connectivity index (χ0v) is 13.2. The highest BCUT2D eigenvalue weighted by Gasteiger charge is 2.06. The Morgan fingerprint density at radius 1 is 1.26 bits per heavy atom. The van der Waals surface area contributed by atoms with Gasteiger partial charge in [-0.05, 0) is 18.2 Å². The number of aliphatic imine (C=N–C) groups is 1. The number of nitrogens with one attached hydrogen (secondary N) is 1. The van der Waals surface area contributed by atoms with Crippen LogP contribution in [0.3, 0.4) is 0 Å². The molecule has 0 aromatic heterocycles. The van der Waals surface area contributed by atoms with Gasteiger partial charge in [-0.3, -0.25) is 4.79 Å². The fourth-order valence-corrected chi connectivity index (χ4v) is 1.99. The fraction of sp³-hybridized carbons (Fsp3) is 0.385. The molecule has 0 unspecified atom stereocenters. The van der Waals surface area contributed by atoms with Crippen molar-refractivity contribution >= 4 is 33.5 Å². The highest BCUT2D eigenvalue weighted by molar-refractivity contribution is 9.10. The Hall–Kier alpha value is -1.56. The maximum atomic E-state index is 11.8. The average Bonchev–Trinajstić information content (AvgIpc) is 2.27. The maximum Gasteiger partial charge on any atom is 0.246 e. The Labute approximate surface area is 122 Å². The lowest BCUT2D eigenvalue weighted by Crippen LogP contribution is -2.36. The normalized spacial score (nSPS) is 9.74. The lowest BCUT2D eigenvalue weighted by atomic mass is 10.3. The van der Waals surface area contributed by atoms with E-state index < -0.39 is 0 Å². The Kier molecular flexibility index (Phi) is 5.82. The minimum atomic E-state index is -0.140. The van der Waals surface area contributed by atoms with Crippen molar-refractivity contribution in [3.63, 3.8) is 0 Å². The van der Waals surface area contributed by atoms with Crippen LogP contribution in [0.4, 0.5) is 5.69 Å². The summed E-state index contributed by atoms with van der Waals surface area (Å²) >= 11 is 3.36. The van der Waals surface area contributed by atoms with Gasteiger partial charge >= 0.3 is 0 Å². The summed E-state index contributed by atoms with van der Waals surface area (Å²) in [5, 5.41) is 2.80. The third kappa shape index (κ3) is 5.30. The molecule has 0 aliphatic heterocycles. The van der Waals surface area contributed by atoms with E-state index in [2.05, 4.69) is 26.2 Å². The lowest BCUT2D eigenvalue weighted by Gasteiger charge is -2.22. The first-order valence-corrected chi connectivity index (χ1v) is 6.64. The molecule has 0 saturated heterocycles. The smallest absolute Gasteiger partial charge is 0.246 e. The van der Waals surface area contributed by atoms with Crippen molar-refractivity contribution in [2.45, 2.75) is 0 Å². The summed E-state index contributed by atoms with van der Waals surface area (Å²) in [5.74, 6) is 0.615. The van der Waals surface area contributed by atoms with E-state index in [-0.39, 0.29) is 12.5 Å². The molecule has 0 heterocycles. The monoisotopic (exact) mass is 326 g/mol. The molecule has 5 nitrogen and oxygen atoms in total. The van der Waals surface area contributed by atoms with Gasteiger partial charge < -0.3 is 15.1 Å². The first kappa shape index (κ1) is 15.5. The highest BCUT2D eigenvalue weighted by Crippen LogP contribution is 2.15. The third-order valence-corrected chi connectivity index (χ3v) is 2.77. The van der Waals surface area contributed by atoms with E-state index in [1.165, 1.54) is 0 Å². The van der Waals surface area contributed by atoms with Crippen molar-refractivity contribution in [3.05, 3.63) is 28.7 Å². The molecule has 19 heavy (non-hydrogen) atoms. The second-order valence-corrected chi connectivity index (χ2v) is 5.38. The van der Waals surface area contributed by atoms with Gasteiger partial charge in [0.2, 0.25) is 5.91 Å². The molecular formula is C13H19BrN4O. The predicted octanol–water partition coefficient (Wildman–Crippen LogP) is 1.87. The first-order chi connectivity index (χ1) is 8.90. The van der Waals surface area contributed by atoms with Crippen LogP contribution in [0.15, 0.2) is 33.7 Å². The summed E-state index contributed by atoms with van der Waals surface area (Å²) in [6.07, 6.45) is 0. The van der Waals surface area contributed by atoms with Crippen LogP contribution in [0, 0.1) is 0 Å². The summed E-state index contributed by atoms with van der Waals surface area (Å²) < 4.78 is 0.927. The van der Waals surface area contributed by atoms with Crippen LogP contribution in [-0.2, 0) is 4.79 Å². The quantitative estimate of drug-likeness (QED) is 0.681. The number of anilines is 1. The molecule has 0 saturated carbocycles. The van der Waals surface area contributed by atoms with Crippen LogP contribution in [-0.4, -0.2) is 56.4 Å². The maximum absolute atomic E-state index is 11.8. The Morgan fingerprint density at radius 3 is 2.42 bits per heavy atom. The number of hydrogen-bond donors (Lipinski definition) is 1. The SMILES string of the molecule is CN(C)C(=NCC(=O)Nc1cccc(Br)c1)N(C)C. The van der Waals surface area contributed by atoms with Gasteiger partial charge in [0, 0.05) is 38.4 Å². The van der Waals surface area contributed by atoms with Crippen LogP contribution in [0.25, 0.3) is 0 Å². The second kappa shape index (κ2) is 7.13. The molecule has 0 aliphatic rings. The average molecular weight is 327 g/mol. The number of rotatable bonds is 3. The van der Waals surface area contributed by atoms with Crippen LogP contribution in [0.1, 0.15) is 0 Å². The molecule has 0 spiro atoms. The van der Waals surface area contributed by atoms with Gasteiger partial charge in [-0.1, -0.05) is 22.0 Å². The van der Waals surface area contributed by atoms with Crippen molar-refractivity contribution in [1.29, 1.82) is 0 Å². The van der Waals surface area contributed by atoms with Crippen molar-refractivity contribution in [1.82, 2.24) is 9.80 Å². The van der Waals surface area contributed by atoms with E-state index in [0.29, 0.717) is 0 Å². The number of nitrogens with zero attached hydrogens (tertiary/aromatic N) is 3. The minimum Gasteiger partial charge on any atom is -0.349 e. The van der Waals surface area contributed by atoms with Crippen molar-refractivity contribution in [2.24, 2.45) is 4.99 Å². The van der Waals surface area contributed by atoms with Gasteiger partial charge in [0.1, 0.15) is 6.54 Å². The molecule has 1 N–H and O–H groups in total. The summed E-state index contributed by atoms with van der Waals surface area (Å²) in [6.45, 7) is 0.0954. The summed E-state index contributed by atoms with van der Waals surface area (Å²) in [6, 6.07) is 7.46. The van der Waals surface area contributed by atoms with Crippen LogP contribution < -0.4 is 5.32 Å². The molecule has 104 valence electrons. The molecule has 0 fully saturated rings. The highest BCUT2D eigenvalue weighted by atomic mass is 79.9. The number of carbonyl (C=O) groups is 1. The lowest BCUT2D eigenvalue weighted by molar-refractivity contribution is -0.114. The number of halogens is 1. The number of benzene rings is 1. The van der Waals surface area contributed by atoms with Crippen molar-refractivity contribution in [2.75, 3.05) is 40.1 Å². The van der Waals surface area contributed by atoms with Gasteiger partial charge in [0.25, 0.3) is 0 Å². The number of guanidine groups is 1. The second-order valence-electron chi connectivity index (χ2n) is 4.46.